The lowest BCUT2D eigenvalue weighted by molar-refractivity contribution is 0.597. The third kappa shape index (κ3) is 1.76. The molecule has 0 saturated carbocycles. The highest BCUT2D eigenvalue weighted by Gasteiger charge is 2.15. The first-order valence-corrected chi connectivity index (χ1v) is 5.16. The van der Waals surface area contributed by atoms with Gasteiger partial charge in [0.2, 0.25) is 0 Å². The zero-order chi connectivity index (χ0) is 8.39. The Kier molecular flexibility index (Phi) is 2.28. The van der Waals surface area contributed by atoms with Crippen LogP contribution in [0, 0.1) is 0 Å². The predicted octanol–water partition coefficient (Wildman–Crippen LogP) is 1.02. The quantitative estimate of drug-likeness (QED) is 0.719. The van der Waals surface area contributed by atoms with Crippen molar-refractivity contribution in [2.45, 2.75) is 25.3 Å². The van der Waals surface area contributed by atoms with Gasteiger partial charge in [-0.25, -0.2) is 4.98 Å². The molecule has 1 saturated heterocycles. The number of hydrogen-bond donors (Lipinski definition) is 2. The minimum absolute atomic E-state index is 0.631. The summed E-state index contributed by atoms with van der Waals surface area (Å²) in [5.41, 5.74) is 6.68. The van der Waals surface area contributed by atoms with Crippen LogP contribution in [0.3, 0.4) is 0 Å². The van der Waals surface area contributed by atoms with Gasteiger partial charge in [-0.3, -0.25) is 0 Å². The molecule has 0 bridgehead atoms. The molecule has 0 aromatic carbocycles. The minimum Gasteiger partial charge on any atom is -0.375 e. The van der Waals surface area contributed by atoms with Crippen LogP contribution in [0.2, 0.25) is 0 Å². The van der Waals surface area contributed by atoms with Gasteiger partial charge in [0.1, 0.15) is 0 Å². The number of nitrogens with zero attached hydrogens (tertiary/aromatic N) is 1. The Labute approximate surface area is 76.0 Å². The van der Waals surface area contributed by atoms with Crippen LogP contribution in [0.1, 0.15) is 18.5 Å². The van der Waals surface area contributed by atoms with E-state index in [1.807, 2.05) is 0 Å². The van der Waals surface area contributed by atoms with E-state index in [0.717, 1.165) is 18.7 Å². The van der Waals surface area contributed by atoms with Crippen LogP contribution in [0.15, 0.2) is 5.38 Å². The average molecular weight is 183 g/mol. The first-order chi connectivity index (χ1) is 5.84. The van der Waals surface area contributed by atoms with Crippen LogP contribution in [0.5, 0.6) is 0 Å². The maximum Gasteiger partial charge on any atom is 0.180 e. The second-order valence-corrected chi connectivity index (χ2v) is 4.06. The number of rotatable bonds is 2. The van der Waals surface area contributed by atoms with Gasteiger partial charge in [0.25, 0.3) is 0 Å². The van der Waals surface area contributed by atoms with E-state index in [9.17, 15) is 0 Å². The summed E-state index contributed by atoms with van der Waals surface area (Å²) in [6.45, 7) is 1.16. The number of hydrogen-bond acceptors (Lipinski definition) is 4. The summed E-state index contributed by atoms with van der Waals surface area (Å²) in [7, 11) is 0. The standard InChI is InChI=1S/C8H13N3S/c9-8-11-7(5-12-8)4-6-2-1-3-10-6/h5-6,10H,1-4H2,(H2,9,11). The fraction of sp³-hybridized carbons (Fsp3) is 0.625. The van der Waals surface area contributed by atoms with Crippen molar-refractivity contribution in [2.75, 3.05) is 12.3 Å². The van der Waals surface area contributed by atoms with Crippen LogP contribution in [0.4, 0.5) is 5.13 Å². The molecule has 1 atom stereocenters. The van der Waals surface area contributed by atoms with Crippen molar-refractivity contribution < 1.29 is 0 Å². The summed E-state index contributed by atoms with van der Waals surface area (Å²) >= 11 is 1.53. The molecule has 1 aliphatic rings. The number of nitrogens with two attached hydrogens (primary N) is 1. The number of nitrogen functional groups attached to an aromatic ring is 1. The van der Waals surface area contributed by atoms with E-state index < -0.39 is 0 Å². The maximum absolute atomic E-state index is 5.54. The molecule has 2 rings (SSSR count). The molecule has 1 fully saturated rings. The topological polar surface area (TPSA) is 50.9 Å². The van der Waals surface area contributed by atoms with Gasteiger partial charge in [0, 0.05) is 17.8 Å². The molecule has 0 spiro atoms. The first kappa shape index (κ1) is 8.01. The zero-order valence-corrected chi connectivity index (χ0v) is 7.73. The van der Waals surface area contributed by atoms with Gasteiger partial charge in [-0.2, -0.15) is 0 Å². The molecule has 1 unspecified atom stereocenters. The van der Waals surface area contributed by atoms with Crippen molar-refractivity contribution in [3.05, 3.63) is 11.1 Å². The minimum atomic E-state index is 0.631. The molecule has 66 valence electrons. The van der Waals surface area contributed by atoms with Crippen molar-refractivity contribution in [3.8, 4) is 0 Å². The first-order valence-electron chi connectivity index (χ1n) is 4.28. The fourth-order valence-corrected chi connectivity index (χ4v) is 2.18. The molecule has 0 radical (unpaired) electrons. The molecule has 1 aromatic heterocycles. The zero-order valence-electron chi connectivity index (χ0n) is 6.92. The van der Waals surface area contributed by atoms with Gasteiger partial charge in [0.15, 0.2) is 5.13 Å². The molecular formula is C8H13N3S. The Bertz CT molecular complexity index is 253. The summed E-state index contributed by atoms with van der Waals surface area (Å²) < 4.78 is 0. The number of anilines is 1. The van der Waals surface area contributed by atoms with Gasteiger partial charge >= 0.3 is 0 Å². The molecule has 2 heterocycles. The largest absolute Gasteiger partial charge is 0.375 e. The highest BCUT2D eigenvalue weighted by Crippen LogP contribution is 2.15. The summed E-state index contributed by atoms with van der Waals surface area (Å²) in [6, 6.07) is 0.631. The van der Waals surface area contributed by atoms with Crippen molar-refractivity contribution in [2.24, 2.45) is 0 Å². The van der Waals surface area contributed by atoms with Gasteiger partial charge in [-0.15, -0.1) is 11.3 Å². The summed E-state index contributed by atoms with van der Waals surface area (Å²) in [6.07, 6.45) is 3.61. The normalized spacial score (nSPS) is 23.2. The SMILES string of the molecule is Nc1nc(CC2CCCN2)cs1. The summed E-state index contributed by atoms with van der Waals surface area (Å²) in [5, 5.41) is 6.17. The third-order valence-corrected chi connectivity index (χ3v) is 2.91. The van der Waals surface area contributed by atoms with E-state index in [2.05, 4.69) is 15.7 Å². The molecule has 3 N–H and O–H groups in total. The fourth-order valence-electron chi connectivity index (χ4n) is 1.60. The van der Waals surface area contributed by atoms with Gasteiger partial charge in [-0.1, -0.05) is 0 Å². The summed E-state index contributed by atoms with van der Waals surface area (Å²) in [5.74, 6) is 0. The van der Waals surface area contributed by atoms with Crippen molar-refractivity contribution in [1.82, 2.24) is 10.3 Å². The van der Waals surface area contributed by atoms with Crippen LogP contribution in [-0.4, -0.2) is 17.6 Å². The van der Waals surface area contributed by atoms with E-state index in [0.29, 0.717) is 11.2 Å². The Morgan fingerprint density at radius 2 is 2.67 bits per heavy atom. The lowest BCUT2D eigenvalue weighted by Gasteiger charge is -2.06. The second kappa shape index (κ2) is 3.41. The second-order valence-electron chi connectivity index (χ2n) is 3.17. The predicted molar refractivity (Wildman–Crippen MR) is 51.3 cm³/mol. The Morgan fingerprint density at radius 3 is 3.25 bits per heavy atom. The van der Waals surface area contributed by atoms with E-state index in [1.165, 1.54) is 24.2 Å². The lowest BCUT2D eigenvalue weighted by Crippen LogP contribution is -2.23. The molecule has 4 heteroatoms. The van der Waals surface area contributed by atoms with Crippen molar-refractivity contribution in [1.29, 1.82) is 0 Å². The number of nitrogens with one attached hydrogen (secondary N) is 1. The van der Waals surface area contributed by atoms with Crippen LogP contribution in [0.25, 0.3) is 0 Å². The summed E-state index contributed by atoms with van der Waals surface area (Å²) in [4.78, 5) is 4.23. The van der Waals surface area contributed by atoms with Crippen molar-refractivity contribution >= 4 is 16.5 Å². The van der Waals surface area contributed by atoms with Gasteiger partial charge in [0.05, 0.1) is 5.69 Å². The van der Waals surface area contributed by atoms with Crippen LogP contribution >= 0.6 is 11.3 Å². The number of aromatic nitrogens is 1. The molecule has 0 amide bonds. The highest BCUT2D eigenvalue weighted by atomic mass is 32.1. The van der Waals surface area contributed by atoms with E-state index in [4.69, 9.17) is 5.73 Å². The van der Waals surface area contributed by atoms with Gasteiger partial charge in [-0.05, 0) is 19.4 Å². The monoisotopic (exact) mass is 183 g/mol. The van der Waals surface area contributed by atoms with E-state index in [1.54, 1.807) is 0 Å². The molecule has 1 aromatic rings. The third-order valence-electron chi connectivity index (χ3n) is 2.19. The Balaban J connectivity index is 1.94. The Morgan fingerprint density at radius 1 is 1.75 bits per heavy atom. The maximum atomic E-state index is 5.54. The van der Waals surface area contributed by atoms with Gasteiger partial charge < -0.3 is 11.1 Å². The molecule has 12 heavy (non-hydrogen) atoms. The van der Waals surface area contributed by atoms with Crippen molar-refractivity contribution in [3.63, 3.8) is 0 Å². The lowest BCUT2D eigenvalue weighted by atomic mass is 10.1. The average Bonchev–Trinajstić information content (AvgIpc) is 2.63. The molecular weight excluding hydrogens is 170 g/mol. The highest BCUT2D eigenvalue weighted by molar-refractivity contribution is 7.13. The molecule has 1 aliphatic heterocycles. The Hall–Kier alpha value is -0.610. The van der Waals surface area contributed by atoms with E-state index in [-0.39, 0.29) is 0 Å². The molecule has 0 aliphatic carbocycles. The van der Waals surface area contributed by atoms with E-state index >= 15 is 0 Å². The number of thiazole rings is 1. The smallest absolute Gasteiger partial charge is 0.180 e. The molecule has 3 nitrogen and oxygen atoms in total. The van der Waals surface area contributed by atoms with Crippen LogP contribution < -0.4 is 11.1 Å². The van der Waals surface area contributed by atoms with Crippen LogP contribution in [-0.2, 0) is 6.42 Å².